The fourth-order valence-electron chi connectivity index (χ4n) is 2.43. The van der Waals surface area contributed by atoms with Crippen LogP contribution in [0.4, 0.5) is 10.5 Å². The first-order valence-corrected chi connectivity index (χ1v) is 7.70. The van der Waals surface area contributed by atoms with E-state index in [1.807, 2.05) is 36.4 Å². The Hall–Kier alpha value is -2.86. The standard InChI is InChI=1S/C18H18N2O4/c21-17-13-23-16(12-20(17)14-7-3-1-4-8-14)11-19-18(22)24-15-9-5-2-6-10-15/h1-10,16H,11-13H2,(H,19,22). The van der Waals surface area contributed by atoms with Crippen LogP contribution in [0.3, 0.4) is 0 Å². The quantitative estimate of drug-likeness (QED) is 0.935. The SMILES string of the molecule is O=C(NCC1CN(c2ccccc2)C(=O)CO1)Oc1ccccc1. The first kappa shape index (κ1) is 16.0. The van der Waals surface area contributed by atoms with E-state index in [0.717, 1.165) is 5.69 Å². The Morgan fingerprint density at radius 2 is 1.79 bits per heavy atom. The van der Waals surface area contributed by atoms with Crippen molar-refractivity contribution in [2.45, 2.75) is 6.10 Å². The molecule has 0 aromatic heterocycles. The van der Waals surface area contributed by atoms with Gasteiger partial charge in [0.2, 0.25) is 0 Å². The van der Waals surface area contributed by atoms with Crippen molar-refractivity contribution >= 4 is 17.7 Å². The average molecular weight is 326 g/mol. The minimum Gasteiger partial charge on any atom is -0.410 e. The van der Waals surface area contributed by atoms with Crippen molar-refractivity contribution in [3.05, 3.63) is 60.7 Å². The number of ether oxygens (including phenoxy) is 2. The number of rotatable bonds is 4. The largest absolute Gasteiger partial charge is 0.412 e. The Bertz CT molecular complexity index is 691. The Morgan fingerprint density at radius 1 is 1.12 bits per heavy atom. The highest BCUT2D eigenvalue weighted by Crippen LogP contribution is 2.17. The van der Waals surface area contributed by atoms with E-state index in [0.29, 0.717) is 12.3 Å². The second kappa shape index (κ2) is 7.61. The van der Waals surface area contributed by atoms with Crippen LogP contribution < -0.4 is 15.0 Å². The molecule has 2 aromatic rings. The molecule has 1 aliphatic rings. The fraction of sp³-hybridized carbons (Fsp3) is 0.222. The molecule has 0 radical (unpaired) electrons. The van der Waals surface area contributed by atoms with Crippen LogP contribution in [0.15, 0.2) is 60.7 Å². The zero-order valence-corrected chi connectivity index (χ0v) is 13.1. The van der Waals surface area contributed by atoms with E-state index < -0.39 is 6.09 Å². The average Bonchev–Trinajstić information content (AvgIpc) is 2.62. The second-order valence-corrected chi connectivity index (χ2v) is 5.36. The zero-order valence-electron chi connectivity index (χ0n) is 13.1. The summed E-state index contributed by atoms with van der Waals surface area (Å²) >= 11 is 0. The van der Waals surface area contributed by atoms with Gasteiger partial charge in [0.1, 0.15) is 12.4 Å². The van der Waals surface area contributed by atoms with E-state index in [1.54, 1.807) is 29.2 Å². The zero-order chi connectivity index (χ0) is 16.8. The van der Waals surface area contributed by atoms with Gasteiger partial charge in [-0.2, -0.15) is 0 Å². The van der Waals surface area contributed by atoms with E-state index in [-0.39, 0.29) is 25.2 Å². The minimum absolute atomic E-state index is 0.00499. The Labute approximate surface area is 140 Å². The molecule has 1 unspecified atom stereocenters. The lowest BCUT2D eigenvalue weighted by Crippen LogP contribution is -2.51. The predicted octanol–water partition coefficient (Wildman–Crippen LogP) is 2.21. The highest BCUT2D eigenvalue weighted by atomic mass is 16.6. The highest BCUT2D eigenvalue weighted by Gasteiger charge is 2.27. The van der Waals surface area contributed by atoms with Gasteiger partial charge in [0, 0.05) is 12.2 Å². The van der Waals surface area contributed by atoms with Crippen LogP contribution in [0.1, 0.15) is 0 Å². The van der Waals surface area contributed by atoms with E-state index in [4.69, 9.17) is 9.47 Å². The van der Waals surface area contributed by atoms with Gasteiger partial charge in [-0.25, -0.2) is 4.79 Å². The minimum atomic E-state index is -0.548. The fourth-order valence-corrected chi connectivity index (χ4v) is 2.43. The van der Waals surface area contributed by atoms with Crippen LogP contribution in [0, 0.1) is 0 Å². The number of carbonyl (C=O) groups excluding carboxylic acids is 2. The molecule has 1 fully saturated rings. The molecule has 2 aromatic carbocycles. The number of morpholine rings is 1. The summed E-state index contributed by atoms with van der Waals surface area (Å²) in [6.07, 6.45) is -0.834. The van der Waals surface area contributed by atoms with Gasteiger partial charge in [0.05, 0.1) is 12.6 Å². The molecule has 124 valence electrons. The van der Waals surface area contributed by atoms with Gasteiger partial charge in [0.25, 0.3) is 5.91 Å². The summed E-state index contributed by atoms with van der Waals surface area (Å²) in [4.78, 5) is 25.5. The van der Waals surface area contributed by atoms with Crippen molar-refractivity contribution in [3.8, 4) is 5.75 Å². The Kier molecular flexibility index (Phi) is 5.08. The van der Waals surface area contributed by atoms with Crippen LogP contribution in [0.5, 0.6) is 5.75 Å². The summed E-state index contributed by atoms with van der Waals surface area (Å²) in [6, 6.07) is 18.2. The molecule has 1 aliphatic heterocycles. The lowest BCUT2D eigenvalue weighted by atomic mass is 10.2. The first-order chi connectivity index (χ1) is 11.7. The molecular formula is C18H18N2O4. The van der Waals surface area contributed by atoms with Crippen molar-refractivity contribution in [1.29, 1.82) is 0 Å². The lowest BCUT2D eigenvalue weighted by molar-refractivity contribution is -0.129. The number of amides is 2. The summed E-state index contributed by atoms with van der Waals surface area (Å²) in [5.74, 6) is 0.380. The first-order valence-electron chi connectivity index (χ1n) is 7.70. The monoisotopic (exact) mass is 326 g/mol. The molecule has 0 bridgehead atoms. The molecule has 0 spiro atoms. The maximum atomic E-state index is 12.0. The maximum Gasteiger partial charge on any atom is 0.412 e. The van der Waals surface area contributed by atoms with Gasteiger partial charge in [-0.05, 0) is 24.3 Å². The van der Waals surface area contributed by atoms with Crippen molar-refractivity contribution in [3.63, 3.8) is 0 Å². The summed E-state index contributed by atoms with van der Waals surface area (Å²) in [5.41, 5.74) is 0.822. The van der Waals surface area contributed by atoms with Crippen molar-refractivity contribution in [1.82, 2.24) is 5.32 Å². The molecule has 24 heavy (non-hydrogen) atoms. The predicted molar refractivity (Wildman–Crippen MR) is 89.0 cm³/mol. The summed E-state index contributed by atoms with van der Waals surface area (Å²) < 4.78 is 10.6. The van der Waals surface area contributed by atoms with Gasteiger partial charge in [-0.3, -0.25) is 4.79 Å². The molecule has 0 aliphatic carbocycles. The van der Waals surface area contributed by atoms with Crippen LogP contribution in [0.2, 0.25) is 0 Å². The maximum absolute atomic E-state index is 12.0. The lowest BCUT2D eigenvalue weighted by Gasteiger charge is -2.32. The number of anilines is 1. The van der Waals surface area contributed by atoms with Gasteiger partial charge in [0.15, 0.2) is 0 Å². The number of hydrogen-bond acceptors (Lipinski definition) is 4. The van der Waals surface area contributed by atoms with Crippen molar-refractivity contribution < 1.29 is 19.1 Å². The van der Waals surface area contributed by atoms with Crippen molar-refractivity contribution in [2.24, 2.45) is 0 Å². The Morgan fingerprint density at radius 3 is 2.50 bits per heavy atom. The van der Waals surface area contributed by atoms with Crippen LogP contribution in [-0.4, -0.2) is 37.8 Å². The number of carbonyl (C=O) groups is 2. The topological polar surface area (TPSA) is 67.9 Å². The summed E-state index contributed by atoms with van der Waals surface area (Å²) in [7, 11) is 0. The molecule has 1 atom stereocenters. The van der Waals surface area contributed by atoms with E-state index >= 15 is 0 Å². The van der Waals surface area contributed by atoms with Gasteiger partial charge in [-0.1, -0.05) is 36.4 Å². The van der Waals surface area contributed by atoms with Crippen LogP contribution in [-0.2, 0) is 9.53 Å². The molecule has 2 amide bonds. The van der Waals surface area contributed by atoms with Gasteiger partial charge in [-0.15, -0.1) is 0 Å². The van der Waals surface area contributed by atoms with Gasteiger partial charge < -0.3 is 19.7 Å². The third kappa shape index (κ3) is 4.11. The van der Waals surface area contributed by atoms with Gasteiger partial charge >= 0.3 is 6.09 Å². The van der Waals surface area contributed by atoms with E-state index in [2.05, 4.69) is 5.32 Å². The molecular weight excluding hydrogens is 308 g/mol. The van der Waals surface area contributed by atoms with Crippen LogP contribution >= 0.6 is 0 Å². The summed E-state index contributed by atoms with van der Waals surface area (Å²) in [6.45, 7) is 0.645. The normalized spacial score (nSPS) is 17.4. The Balaban J connectivity index is 1.52. The smallest absolute Gasteiger partial charge is 0.410 e. The van der Waals surface area contributed by atoms with Crippen LogP contribution in [0.25, 0.3) is 0 Å². The molecule has 6 nitrogen and oxygen atoms in total. The highest BCUT2D eigenvalue weighted by molar-refractivity contribution is 5.94. The van der Waals surface area contributed by atoms with E-state index in [9.17, 15) is 9.59 Å². The molecule has 0 saturated carbocycles. The van der Waals surface area contributed by atoms with E-state index in [1.165, 1.54) is 0 Å². The molecule has 1 N–H and O–H groups in total. The third-order valence-corrected chi connectivity index (χ3v) is 3.63. The molecule has 1 saturated heterocycles. The summed E-state index contributed by atoms with van der Waals surface area (Å²) in [5, 5.41) is 2.66. The number of hydrogen-bond donors (Lipinski definition) is 1. The molecule has 1 heterocycles. The number of nitrogens with zero attached hydrogens (tertiary/aromatic N) is 1. The number of para-hydroxylation sites is 2. The molecule has 3 rings (SSSR count). The molecule has 6 heteroatoms. The number of benzene rings is 2. The third-order valence-electron chi connectivity index (χ3n) is 3.63. The second-order valence-electron chi connectivity index (χ2n) is 5.36. The number of nitrogens with one attached hydrogen (secondary N) is 1. The van der Waals surface area contributed by atoms with Crippen molar-refractivity contribution in [2.75, 3.05) is 24.6 Å².